The van der Waals surface area contributed by atoms with Crippen molar-refractivity contribution in [1.82, 2.24) is 19.8 Å². The van der Waals surface area contributed by atoms with Gasteiger partial charge in [-0.15, -0.1) is 0 Å². The van der Waals surface area contributed by atoms with Crippen molar-refractivity contribution in [1.29, 1.82) is 0 Å². The first kappa shape index (κ1) is 20.8. The second-order valence-electron chi connectivity index (χ2n) is 7.58. The Morgan fingerprint density at radius 3 is 2.90 bits per heavy atom. The number of nitrogens with zero attached hydrogens (tertiary/aromatic N) is 4. The van der Waals surface area contributed by atoms with E-state index in [0.29, 0.717) is 32.0 Å². The molecule has 154 valence electrons. The molecule has 2 aromatic heterocycles. The Balaban J connectivity index is 1.46. The van der Waals surface area contributed by atoms with Crippen LogP contribution in [0.5, 0.6) is 5.75 Å². The fourth-order valence-corrected chi connectivity index (χ4v) is 3.69. The topological polar surface area (TPSA) is 86.6 Å². The standard InChI is InChI=1S/C22H28N4O3/c1-25(14-10-18-6-2-3-11-24-18)21(28)8-7-17-5-4-13-26(16-17)22(29)19-9-12-23-15-20(19)27/h2-3,6,9,11-12,15,17,27H,4-5,7-8,10,13-14,16H2,1H3. The van der Waals surface area contributed by atoms with Crippen molar-refractivity contribution < 1.29 is 14.7 Å². The van der Waals surface area contributed by atoms with Gasteiger partial charge >= 0.3 is 0 Å². The average Bonchev–Trinajstić information content (AvgIpc) is 2.76. The van der Waals surface area contributed by atoms with Gasteiger partial charge in [-0.25, -0.2) is 0 Å². The molecule has 0 bridgehead atoms. The van der Waals surface area contributed by atoms with Gasteiger partial charge in [-0.3, -0.25) is 19.6 Å². The highest BCUT2D eigenvalue weighted by molar-refractivity contribution is 5.96. The maximum absolute atomic E-state index is 12.7. The molecular formula is C22H28N4O3. The summed E-state index contributed by atoms with van der Waals surface area (Å²) in [7, 11) is 1.83. The number of pyridine rings is 2. The van der Waals surface area contributed by atoms with E-state index in [1.807, 2.05) is 25.2 Å². The first-order chi connectivity index (χ1) is 14.0. The molecule has 1 aliphatic rings. The quantitative estimate of drug-likeness (QED) is 0.777. The van der Waals surface area contributed by atoms with Crippen LogP contribution in [-0.2, 0) is 11.2 Å². The van der Waals surface area contributed by atoms with Crippen LogP contribution in [0.4, 0.5) is 0 Å². The molecule has 1 saturated heterocycles. The van der Waals surface area contributed by atoms with Crippen LogP contribution in [0.25, 0.3) is 0 Å². The van der Waals surface area contributed by atoms with E-state index in [1.54, 1.807) is 22.1 Å². The van der Waals surface area contributed by atoms with Crippen LogP contribution >= 0.6 is 0 Å². The molecule has 0 spiro atoms. The Morgan fingerprint density at radius 1 is 1.28 bits per heavy atom. The van der Waals surface area contributed by atoms with Gasteiger partial charge in [-0.1, -0.05) is 6.07 Å². The number of hydrogen-bond acceptors (Lipinski definition) is 5. The van der Waals surface area contributed by atoms with Gasteiger partial charge in [0.25, 0.3) is 5.91 Å². The Hall–Kier alpha value is -2.96. The van der Waals surface area contributed by atoms with Gasteiger partial charge in [0.15, 0.2) is 0 Å². The predicted molar refractivity (Wildman–Crippen MR) is 109 cm³/mol. The van der Waals surface area contributed by atoms with Crippen molar-refractivity contribution in [3.8, 4) is 5.75 Å². The van der Waals surface area contributed by atoms with E-state index < -0.39 is 0 Å². The van der Waals surface area contributed by atoms with E-state index in [0.717, 1.165) is 31.4 Å². The number of aromatic nitrogens is 2. The summed E-state index contributed by atoms with van der Waals surface area (Å²) in [4.78, 5) is 36.8. The summed E-state index contributed by atoms with van der Waals surface area (Å²) < 4.78 is 0. The van der Waals surface area contributed by atoms with Gasteiger partial charge in [0.05, 0.1) is 11.8 Å². The van der Waals surface area contributed by atoms with E-state index in [4.69, 9.17) is 0 Å². The van der Waals surface area contributed by atoms with E-state index in [9.17, 15) is 14.7 Å². The maximum Gasteiger partial charge on any atom is 0.257 e. The average molecular weight is 396 g/mol. The molecule has 1 unspecified atom stereocenters. The van der Waals surface area contributed by atoms with Crippen LogP contribution in [-0.4, -0.2) is 63.4 Å². The maximum atomic E-state index is 12.7. The molecule has 1 atom stereocenters. The smallest absolute Gasteiger partial charge is 0.257 e. The summed E-state index contributed by atoms with van der Waals surface area (Å²) in [5, 5.41) is 9.88. The molecule has 7 heteroatoms. The molecule has 0 radical (unpaired) electrons. The zero-order chi connectivity index (χ0) is 20.6. The SMILES string of the molecule is CN(CCc1ccccn1)C(=O)CCC1CCCN(C(=O)c2ccncc2O)C1. The first-order valence-corrected chi connectivity index (χ1v) is 10.1. The van der Waals surface area contributed by atoms with Gasteiger partial charge < -0.3 is 14.9 Å². The summed E-state index contributed by atoms with van der Waals surface area (Å²) in [6.07, 6.45) is 8.46. The fraction of sp³-hybridized carbons (Fsp3) is 0.455. The van der Waals surface area contributed by atoms with Crippen LogP contribution in [0.1, 0.15) is 41.7 Å². The summed E-state index contributed by atoms with van der Waals surface area (Å²) >= 11 is 0. The molecule has 0 saturated carbocycles. The summed E-state index contributed by atoms with van der Waals surface area (Å²) in [5.41, 5.74) is 1.26. The zero-order valence-corrected chi connectivity index (χ0v) is 16.8. The van der Waals surface area contributed by atoms with E-state index in [1.165, 1.54) is 12.4 Å². The third-order valence-corrected chi connectivity index (χ3v) is 5.46. The van der Waals surface area contributed by atoms with Gasteiger partial charge in [-0.05, 0) is 43.4 Å². The second kappa shape index (κ2) is 10.0. The van der Waals surface area contributed by atoms with Crippen LogP contribution in [0, 0.1) is 5.92 Å². The number of likely N-dealkylation sites (N-methyl/N-ethyl adjacent to an activating group) is 1. The van der Waals surface area contributed by atoms with Crippen LogP contribution < -0.4 is 0 Å². The third-order valence-electron chi connectivity index (χ3n) is 5.46. The summed E-state index contributed by atoms with van der Waals surface area (Å²) in [6.45, 7) is 1.94. The minimum atomic E-state index is -0.173. The number of hydrogen-bond donors (Lipinski definition) is 1. The summed E-state index contributed by atoms with van der Waals surface area (Å²) in [6, 6.07) is 7.34. The Kier molecular flexibility index (Phi) is 7.16. The first-order valence-electron chi connectivity index (χ1n) is 10.1. The number of likely N-dealkylation sites (tertiary alicyclic amines) is 1. The number of piperidine rings is 1. The van der Waals surface area contributed by atoms with E-state index in [2.05, 4.69) is 9.97 Å². The molecule has 2 aromatic rings. The Labute approximate surface area is 171 Å². The van der Waals surface area contributed by atoms with Gasteiger partial charge in [0.2, 0.25) is 5.91 Å². The van der Waals surface area contributed by atoms with Crippen LogP contribution in [0.3, 0.4) is 0 Å². The molecule has 0 aromatic carbocycles. The molecule has 3 heterocycles. The molecule has 0 aliphatic carbocycles. The lowest BCUT2D eigenvalue weighted by Gasteiger charge is -2.33. The molecule has 1 N–H and O–H groups in total. The Morgan fingerprint density at radius 2 is 2.14 bits per heavy atom. The van der Waals surface area contributed by atoms with Crippen molar-refractivity contribution >= 4 is 11.8 Å². The van der Waals surface area contributed by atoms with Crippen LogP contribution in [0.15, 0.2) is 42.9 Å². The summed E-state index contributed by atoms with van der Waals surface area (Å²) in [5.74, 6) is 0.152. The largest absolute Gasteiger partial charge is 0.505 e. The highest BCUT2D eigenvalue weighted by Gasteiger charge is 2.26. The lowest BCUT2D eigenvalue weighted by atomic mass is 9.92. The minimum Gasteiger partial charge on any atom is -0.505 e. The fourth-order valence-electron chi connectivity index (χ4n) is 3.69. The molecule has 7 nitrogen and oxygen atoms in total. The van der Waals surface area contributed by atoms with Gasteiger partial charge in [0.1, 0.15) is 5.75 Å². The number of carbonyl (C=O) groups is 2. The van der Waals surface area contributed by atoms with E-state index >= 15 is 0 Å². The normalized spacial score (nSPS) is 16.4. The molecule has 3 rings (SSSR count). The van der Waals surface area contributed by atoms with E-state index in [-0.39, 0.29) is 23.1 Å². The molecular weight excluding hydrogens is 368 g/mol. The highest BCUT2D eigenvalue weighted by atomic mass is 16.3. The van der Waals surface area contributed by atoms with Crippen molar-refractivity contribution in [3.63, 3.8) is 0 Å². The lowest BCUT2D eigenvalue weighted by molar-refractivity contribution is -0.130. The Bertz CT molecular complexity index is 828. The lowest BCUT2D eigenvalue weighted by Crippen LogP contribution is -2.40. The van der Waals surface area contributed by atoms with Crippen molar-refractivity contribution in [3.05, 3.63) is 54.1 Å². The zero-order valence-electron chi connectivity index (χ0n) is 16.8. The third kappa shape index (κ3) is 5.76. The van der Waals surface area contributed by atoms with Crippen molar-refractivity contribution in [2.75, 3.05) is 26.7 Å². The number of rotatable bonds is 7. The predicted octanol–water partition coefficient (Wildman–Crippen LogP) is 2.52. The number of aromatic hydroxyl groups is 1. The van der Waals surface area contributed by atoms with Gasteiger partial charge in [-0.2, -0.15) is 0 Å². The highest BCUT2D eigenvalue weighted by Crippen LogP contribution is 2.25. The van der Waals surface area contributed by atoms with Crippen molar-refractivity contribution in [2.24, 2.45) is 5.92 Å². The molecule has 29 heavy (non-hydrogen) atoms. The number of amides is 2. The van der Waals surface area contributed by atoms with Crippen LogP contribution in [0.2, 0.25) is 0 Å². The molecule has 1 aliphatic heterocycles. The molecule has 1 fully saturated rings. The molecule has 2 amide bonds. The van der Waals surface area contributed by atoms with Crippen molar-refractivity contribution in [2.45, 2.75) is 32.1 Å². The minimum absolute atomic E-state index is 0.0932. The monoisotopic (exact) mass is 396 g/mol. The van der Waals surface area contributed by atoms with Gasteiger partial charge in [0, 0.05) is 57.6 Å². The second-order valence-corrected chi connectivity index (χ2v) is 7.58. The number of carbonyl (C=O) groups excluding carboxylic acids is 2.